The monoisotopic (exact) mass is 299 g/mol. The molecule has 0 radical (unpaired) electrons. The van der Waals surface area contributed by atoms with E-state index in [1.165, 1.54) is 31.4 Å². The molecule has 0 aliphatic heterocycles. The van der Waals surface area contributed by atoms with Gasteiger partial charge in [-0.3, -0.25) is 4.79 Å². The highest BCUT2D eigenvalue weighted by molar-refractivity contribution is 5.89. The van der Waals surface area contributed by atoms with Gasteiger partial charge in [-0.05, 0) is 24.3 Å². The zero-order chi connectivity index (χ0) is 15.6. The first-order valence-corrected chi connectivity index (χ1v) is 5.55. The van der Waals surface area contributed by atoms with Crippen LogP contribution in [0.25, 0.3) is 5.69 Å². The van der Waals surface area contributed by atoms with Crippen LogP contribution in [0.5, 0.6) is 0 Å². The van der Waals surface area contributed by atoms with Gasteiger partial charge in [-0.15, -0.1) is 5.10 Å². The van der Waals surface area contributed by atoms with Crippen LogP contribution in [0.3, 0.4) is 0 Å². The summed E-state index contributed by atoms with van der Waals surface area (Å²) < 4.78 is 43.8. The van der Waals surface area contributed by atoms with Crippen molar-refractivity contribution in [1.82, 2.24) is 15.0 Å². The molecule has 0 saturated heterocycles. The molecule has 21 heavy (non-hydrogen) atoms. The average Bonchev–Trinajstić information content (AvgIpc) is 2.90. The van der Waals surface area contributed by atoms with Gasteiger partial charge < -0.3 is 4.74 Å². The van der Waals surface area contributed by atoms with Gasteiger partial charge in [0.25, 0.3) is 0 Å². The quantitative estimate of drug-likeness (QED) is 0.639. The number of hydrogen-bond acceptors (Lipinski definition) is 5. The summed E-state index contributed by atoms with van der Waals surface area (Å²) in [4.78, 5) is 21.9. The van der Waals surface area contributed by atoms with Crippen molar-refractivity contribution in [3.05, 3.63) is 41.2 Å². The largest absolute Gasteiger partial charge is 0.465 e. The molecule has 0 unspecified atom stereocenters. The maximum Gasteiger partial charge on any atom is 0.435 e. The summed E-state index contributed by atoms with van der Waals surface area (Å²) in [6.07, 6.45) is -4.81. The average molecular weight is 299 g/mol. The topological polar surface area (TPSA) is 74.1 Å². The molecule has 2 rings (SSSR count). The predicted octanol–water partition coefficient (Wildman–Crippen LogP) is 1.89. The van der Waals surface area contributed by atoms with Gasteiger partial charge in [0, 0.05) is 0 Å². The number of aromatic nitrogens is 3. The summed E-state index contributed by atoms with van der Waals surface area (Å²) in [7, 11) is 1.19. The molecule has 0 spiro atoms. The van der Waals surface area contributed by atoms with Crippen LogP contribution in [-0.4, -0.2) is 34.4 Å². The Morgan fingerprint density at radius 3 is 2.38 bits per heavy atom. The van der Waals surface area contributed by atoms with E-state index in [-0.39, 0.29) is 17.5 Å². The van der Waals surface area contributed by atoms with Gasteiger partial charge in [-0.1, -0.05) is 5.21 Å². The predicted molar refractivity (Wildman–Crippen MR) is 63.1 cm³/mol. The van der Waals surface area contributed by atoms with E-state index < -0.39 is 23.5 Å². The van der Waals surface area contributed by atoms with Crippen molar-refractivity contribution in [3.8, 4) is 5.69 Å². The zero-order valence-corrected chi connectivity index (χ0v) is 10.6. The highest BCUT2D eigenvalue weighted by Crippen LogP contribution is 2.32. The Balaban J connectivity index is 2.50. The van der Waals surface area contributed by atoms with Crippen molar-refractivity contribution in [2.45, 2.75) is 6.18 Å². The Morgan fingerprint density at radius 2 is 1.90 bits per heavy atom. The van der Waals surface area contributed by atoms with Crippen LogP contribution in [0.4, 0.5) is 13.2 Å². The number of carbonyl (C=O) groups excluding carboxylic acids is 2. The highest BCUT2D eigenvalue weighted by atomic mass is 19.4. The molecular formula is C12H8F3N3O3. The van der Waals surface area contributed by atoms with E-state index in [9.17, 15) is 22.8 Å². The van der Waals surface area contributed by atoms with E-state index in [0.29, 0.717) is 4.68 Å². The second-order valence-electron chi connectivity index (χ2n) is 3.89. The molecule has 6 nitrogen and oxygen atoms in total. The van der Waals surface area contributed by atoms with Crippen molar-refractivity contribution >= 4 is 12.3 Å². The number of benzene rings is 1. The SMILES string of the molecule is COC(=O)c1ccc(-n2nnc(C=O)c2C(F)(F)F)cc1. The lowest BCUT2D eigenvalue weighted by Crippen LogP contribution is -2.15. The first kappa shape index (κ1) is 14.7. The first-order chi connectivity index (χ1) is 9.88. The molecule has 9 heteroatoms. The minimum absolute atomic E-state index is 0.00979. The number of halogens is 3. The van der Waals surface area contributed by atoms with Crippen LogP contribution in [0.15, 0.2) is 24.3 Å². The van der Waals surface area contributed by atoms with E-state index in [1.54, 1.807) is 0 Å². The molecule has 1 aromatic heterocycles. The van der Waals surface area contributed by atoms with Crippen molar-refractivity contribution < 1.29 is 27.5 Å². The molecule has 0 amide bonds. The van der Waals surface area contributed by atoms with Gasteiger partial charge >= 0.3 is 12.1 Å². The second kappa shape index (κ2) is 5.35. The van der Waals surface area contributed by atoms with Gasteiger partial charge in [-0.2, -0.15) is 13.2 Å². The van der Waals surface area contributed by atoms with E-state index in [0.717, 1.165) is 0 Å². The number of ether oxygens (including phenoxy) is 1. The third-order valence-electron chi connectivity index (χ3n) is 2.61. The standard InChI is InChI=1S/C12H8F3N3O3/c1-21-11(20)7-2-4-8(5-3-7)18-10(12(13,14)15)9(6-19)16-17-18/h2-6H,1H3. The molecule has 0 atom stereocenters. The molecule has 0 bridgehead atoms. The summed E-state index contributed by atoms with van der Waals surface area (Å²) in [6.45, 7) is 0. The number of esters is 1. The number of rotatable bonds is 3. The molecule has 2 aromatic rings. The van der Waals surface area contributed by atoms with Gasteiger partial charge in [0.2, 0.25) is 0 Å². The summed E-state index contributed by atoms with van der Waals surface area (Å²) in [6, 6.07) is 5.04. The Bertz CT molecular complexity index is 677. The summed E-state index contributed by atoms with van der Waals surface area (Å²) in [5.74, 6) is -0.621. The number of aldehydes is 1. The molecule has 1 aromatic carbocycles. The third-order valence-corrected chi connectivity index (χ3v) is 2.61. The van der Waals surface area contributed by atoms with Crippen molar-refractivity contribution in [2.75, 3.05) is 7.11 Å². The summed E-state index contributed by atoms with van der Waals surface area (Å²) in [5.41, 5.74) is -1.90. The van der Waals surface area contributed by atoms with E-state index in [4.69, 9.17) is 0 Å². The minimum atomic E-state index is -4.79. The summed E-state index contributed by atoms with van der Waals surface area (Å²) >= 11 is 0. The number of alkyl halides is 3. The maximum atomic E-state index is 12.9. The Labute approximate surface area is 116 Å². The normalized spacial score (nSPS) is 11.2. The van der Waals surface area contributed by atoms with Crippen LogP contribution < -0.4 is 0 Å². The molecule has 0 aliphatic rings. The molecule has 0 fully saturated rings. The summed E-state index contributed by atoms with van der Waals surface area (Å²) in [5, 5.41) is 6.50. The fourth-order valence-corrected chi connectivity index (χ4v) is 1.68. The first-order valence-electron chi connectivity index (χ1n) is 5.55. The van der Waals surface area contributed by atoms with Crippen LogP contribution in [0, 0.1) is 0 Å². The number of methoxy groups -OCH3 is 1. The van der Waals surface area contributed by atoms with Gasteiger partial charge in [0.1, 0.15) is 0 Å². The molecular weight excluding hydrogens is 291 g/mol. The lowest BCUT2D eigenvalue weighted by molar-refractivity contribution is -0.143. The minimum Gasteiger partial charge on any atom is -0.465 e. The highest BCUT2D eigenvalue weighted by Gasteiger charge is 2.39. The van der Waals surface area contributed by atoms with E-state index in [1.807, 2.05) is 0 Å². The van der Waals surface area contributed by atoms with Crippen molar-refractivity contribution in [2.24, 2.45) is 0 Å². The van der Waals surface area contributed by atoms with Crippen LogP contribution in [-0.2, 0) is 10.9 Å². The molecule has 1 heterocycles. The second-order valence-corrected chi connectivity index (χ2v) is 3.89. The van der Waals surface area contributed by atoms with Crippen LogP contribution in [0.2, 0.25) is 0 Å². The maximum absolute atomic E-state index is 12.9. The van der Waals surface area contributed by atoms with Crippen molar-refractivity contribution in [3.63, 3.8) is 0 Å². The van der Waals surface area contributed by atoms with Gasteiger partial charge in [0.05, 0.1) is 18.4 Å². The lowest BCUT2D eigenvalue weighted by atomic mass is 10.2. The molecule has 110 valence electrons. The van der Waals surface area contributed by atoms with Gasteiger partial charge in [0.15, 0.2) is 17.7 Å². The Morgan fingerprint density at radius 1 is 1.29 bits per heavy atom. The number of hydrogen-bond donors (Lipinski definition) is 0. The van der Waals surface area contributed by atoms with Crippen LogP contribution >= 0.6 is 0 Å². The smallest absolute Gasteiger partial charge is 0.435 e. The Hall–Kier alpha value is -2.71. The number of nitrogens with zero attached hydrogens (tertiary/aromatic N) is 3. The lowest BCUT2D eigenvalue weighted by Gasteiger charge is -2.10. The molecule has 0 saturated carbocycles. The molecule has 0 aliphatic carbocycles. The third kappa shape index (κ3) is 2.76. The molecule has 0 N–H and O–H groups in total. The fraction of sp³-hybridized carbons (Fsp3) is 0.167. The Kier molecular flexibility index (Phi) is 3.74. The van der Waals surface area contributed by atoms with E-state index in [2.05, 4.69) is 15.0 Å². The van der Waals surface area contributed by atoms with Crippen molar-refractivity contribution in [1.29, 1.82) is 0 Å². The van der Waals surface area contributed by atoms with Gasteiger partial charge in [-0.25, -0.2) is 9.48 Å². The fourth-order valence-electron chi connectivity index (χ4n) is 1.68. The van der Waals surface area contributed by atoms with E-state index >= 15 is 0 Å². The number of carbonyl (C=O) groups is 2. The van der Waals surface area contributed by atoms with Crippen LogP contribution in [0.1, 0.15) is 26.5 Å². The zero-order valence-electron chi connectivity index (χ0n) is 10.6.